The second-order valence-corrected chi connectivity index (χ2v) is 5.11. The van der Waals surface area contributed by atoms with Crippen molar-refractivity contribution >= 4 is 22.9 Å². The maximum atomic E-state index is 12.0. The summed E-state index contributed by atoms with van der Waals surface area (Å²) < 4.78 is 0. The maximum absolute atomic E-state index is 12.0. The van der Waals surface area contributed by atoms with Gasteiger partial charge in [-0.2, -0.15) is 0 Å². The van der Waals surface area contributed by atoms with Crippen molar-refractivity contribution in [2.75, 3.05) is 11.9 Å². The van der Waals surface area contributed by atoms with Crippen molar-refractivity contribution in [1.29, 1.82) is 0 Å². The minimum atomic E-state index is -0.841. The predicted octanol–water partition coefficient (Wildman–Crippen LogP) is 1.85. The van der Waals surface area contributed by atoms with Crippen LogP contribution < -0.4 is 5.32 Å². The Morgan fingerprint density at radius 3 is 3.05 bits per heavy atom. The molecule has 0 aliphatic heterocycles. The number of hydrogen-bond donors (Lipinski definition) is 1. The first-order valence-electron chi connectivity index (χ1n) is 6.01. The van der Waals surface area contributed by atoms with Crippen LogP contribution >= 0.6 is 11.3 Å². The van der Waals surface area contributed by atoms with Crippen LogP contribution in [0.4, 0.5) is 5.69 Å². The van der Waals surface area contributed by atoms with Crippen LogP contribution in [-0.4, -0.2) is 27.6 Å². The van der Waals surface area contributed by atoms with Gasteiger partial charge in [0, 0.05) is 17.5 Å². The van der Waals surface area contributed by atoms with Gasteiger partial charge in [0.15, 0.2) is 5.01 Å². The molecule has 0 fully saturated rings. The lowest BCUT2D eigenvalue weighted by Gasteiger charge is -2.00. The zero-order valence-electron chi connectivity index (χ0n) is 11.1. The van der Waals surface area contributed by atoms with Crippen LogP contribution in [0.2, 0.25) is 0 Å². The molecule has 1 amide bonds. The summed E-state index contributed by atoms with van der Waals surface area (Å²) in [5.74, 6) is -0.336. The Bertz CT molecular complexity index is 644. The number of thiazole rings is 1. The van der Waals surface area contributed by atoms with Gasteiger partial charge in [0.25, 0.3) is 11.0 Å². The summed E-state index contributed by atoms with van der Waals surface area (Å²) in [5.41, 5.74) is 1.25. The molecule has 0 saturated carbocycles. The smallest absolute Gasteiger partial charge is 0.294 e. The Hall–Kier alpha value is -2.55. The van der Waals surface area contributed by atoms with Gasteiger partial charge in [0.1, 0.15) is 6.61 Å². The van der Waals surface area contributed by atoms with Gasteiger partial charge >= 0.3 is 0 Å². The third-order valence-electron chi connectivity index (χ3n) is 2.53. The Labute approximate surface area is 123 Å². The van der Waals surface area contributed by atoms with Crippen LogP contribution in [0.25, 0.3) is 0 Å². The standard InChI is InChI=1S/C12H12N4O4S/c1-8-10(4-6-20-16(18)19)21-12(14-8)11(17)15-9-3-2-5-13-7-9/h2-3,5,7H,4,6H2,1H3,(H,15,17). The molecule has 2 heterocycles. The number of nitrogens with zero attached hydrogens (tertiary/aromatic N) is 3. The highest BCUT2D eigenvalue weighted by Crippen LogP contribution is 2.20. The third-order valence-corrected chi connectivity index (χ3v) is 3.75. The van der Waals surface area contributed by atoms with Gasteiger partial charge in [0.05, 0.1) is 17.6 Å². The lowest BCUT2D eigenvalue weighted by Crippen LogP contribution is -2.11. The molecule has 0 atom stereocenters. The fourth-order valence-electron chi connectivity index (χ4n) is 1.59. The van der Waals surface area contributed by atoms with E-state index in [1.54, 1.807) is 25.3 Å². The highest BCUT2D eigenvalue weighted by Gasteiger charge is 2.15. The largest absolute Gasteiger partial charge is 0.319 e. The molecule has 0 bridgehead atoms. The first-order chi connectivity index (χ1) is 10.1. The Morgan fingerprint density at radius 2 is 2.38 bits per heavy atom. The second-order valence-electron chi connectivity index (χ2n) is 4.03. The van der Waals surface area contributed by atoms with E-state index < -0.39 is 5.09 Å². The quantitative estimate of drug-likeness (QED) is 0.644. The fourth-order valence-corrected chi connectivity index (χ4v) is 2.53. The average Bonchev–Trinajstić information content (AvgIpc) is 2.81. The van der Waals surface area contributed by atoms with Gasteiger partial charge < -0.3 is 10.2 Å². The fraction of sp³-hybridized carbons (Fsp3) is 0.250. The Morgan fingerprint density at radius 1 is 1.57 bits per heavy atom. The molecule has 1 N–H and O–H groups in total. The molecule has 2 rings (SSSR count). The summed E-state index contributed by atoms with van der Waals surface area (Å²) in [5, 5.41) is 12.2. The van der Waals surface area contributed by atoms with E-state index in [2.05, 4.69) is 20.1 Å². The van der Waals surface area contributed by atoms with Crippen molar-refractivity contribution in [2.45, 2.75) is 13.3 Å². The molecule has 8 nitrogen and oxygen atoms in total. The maximum Gasteiger partial charge on any atom is 0.294 e. The third kappa shape index (κ3) is 4.21. The molecule has 0 saturated heterocycles. The van der Waals surface area contributed by atoms with E-state index in [1.807, 2.05) is 0 Å². The number of pyridine rings is 1. The number of anilines is 1. The number of carbonyl (C=O) groups is 1. The molecule has 21 heavy (non-hydrogen) atoms. The van der Waals surface area contributed by atoms with Crippen molar-refractivity contribution < 1.29 is 14.7 Å². The molecule has 2 aromatic rings. The van der Waals surface area contributed by atoms with E-state index in [4.69, 9.17) is 0 Å². The van der Waals surface area contributed by atoms with Crippen molar-refractivity contribution in [2.24, 2.45) is 0 Å². The zero-order valence-corrected chi connectivity index (χ0v) is 11.9. The van der Waals surface area contributed by atoms with Crippen LogP contribution in [0.1, 0.15) is 20.4 Å². The molecule has 110 valence electrons. The number of hydrogen-bond acceptors (Lipinski definition) is 7. The predicted molar refractivity (Wildman–Crippen MR) is 75.7 cm³/mol. The minimum Gasteiger partial charge on any atom is -0.319 e. The molecular formula is C12H12N4O4S. The van der Waals surface area contributed by atoms with E-state index in [0.717, 1.165) is 4.88 Å². The monoisotopic (exact) mass is 308 g/mol. The van der Waals surface area contributed by atoms with Gasteiger partial charge in [0.2, 0.25) is 0 Å². The second kappa shape index (κ2) is 6.75. The number of aromatic nitrogens is 2. The molecule has 0 radical (unpaired) electrons. The Kier molecular flexibility index (Phi) is 4.77. The molecule has 9 heteroatoms. The van der Waals surface area contributed by atoms with Crippen molar-refractivity contribution in [3.05, 3.63) is 50.2 Å². The van der Waals surface area contributed by atoms with Crippen molar-refractivity contribution in [1.82, 2.24) is 9.97 Å². The van der Waals surface area contributed by atoms with Gasteiger partial charge in [-0.15, -0.1) is 21.5 Å². The van der Waals surface area contributed by atoms with Gasteiger partial charge in [-0.3, -0.25) is 9.78 Å². The molecule has 0 aliphatic rings. The van der Waals surface area contributed by atoms with Gasteiger partial charge in [-0.25, -0.2) is 4.98 Å². The summed E-state index contributed by atoms with van der Waals surface area (Å²) in [4.78, 5) is 35.2. The summed E-state index contributed by atoms with van der Waals surface area (Å²) in [6.07, 6.45) is 3.48. The first kappa shape index (κ1) is 14.9. The summed E-state index contributed by atoms with van der Waals surface area (Å²) in [6, 6.07) is 3.43. The molecule has 0 aromatic carbocycles. The number of rotatable bonds is 6. The minimum absolute atomic E-state index is 0.0559. The first-order valence-corrected chi connectivity index (χ1v) is 6.83. The number of nitrogens with one attached hydrogen (secondary N) is 1. The SMILES string of the molecule is Cc1nc(C(=O)Nc2cccnc2)sc1CCO[N+](=O)[O-]. The van der Waals surface area contributed by atoms with Crippen molar-refractivity contribution in [3.63, 3.8) is 0 Å². The van der Waals surface area contributed by atoms with Crippen LogP contribution in [0.5, 0.6) is 0 Å². The summed E-state index contributed by atoms with van der Waals surface area (Å²) >= 11 is 1.19. The van der Waals surface area contributed by atoms with E-state index in [1.165, 1.54) is 17.5 Å². The number of carbonyl (C=O) groups excluding carboxylic acids is 1. The van der Waals surface area contributed by atoms with Crippen LogP contribution in [0.15, 0.2) is 24.5 Å². The molecule has 0 aliphatic carbocycles. The lowest BCUT2D eigenvalue weighted by atomic mass is 10.3. The van der Waals surface area contributed by atoms with Crippen LogP contribution in [0.3, 0.4) is 0 Å². The van der Waals surface area contributed by atoms with E-state index >= 15 is 0 Å². The molecule has 0 spiro atoms. The highest BCUT2D eigenvalue weighted by atomic mass is 32.1. The normalized spacial score (nSPS) is 10.1. The summed E-state index contributed by atoms with van der Waals surface area (Å²) in [7, 11) is 0. The highest BCUT2D eigenvalue weighted by molar-refractivity contribution is 7.13. The molecule has 2 aromatic heterocycles. The van der Waals surface area contributed by atoms with Crippen LogP contribution in [0, 0.1) is 17.0 Å². The topological polar surface area (TPSA) is 107 Å². The summed E-state index contributed by atoms with van der Waals surface area (Å²) in [6.45, 7) is 1.69. The van der Waals surface area contributed by atoms with Crippen LogP contribution in [-0.2, 0) is 11.3 Å². The van der Waals surface area contributed by atoms with E-state index in [-0.39, 0.29) is 12.5 Å². The van der Waals surface area contributed by atoms with E-state index in [0.29, 0.717) is 22.8 Å². The number of amides is 1. The zero-order chi connectivity index (χ0) is 15.2. The lowest BCUT2D eigenvalue weighted by molar-refractivity contribution is -0.757. The average molecular weight is 308 g/mol. The Balaban J connectivity index is 2.00. The van der Waals surface area contributed by atoms with Gasteiger partial charge in [-0.05, 0) is 19.1 Å². The van der Waals surface area contributed by atoms with E-state index in [9.17, 15) is 14.9 Å². The molecular weight excluding hydrogens is 296 g/mol. The number of aryl methyl sites for hydroxylation is 1. The van der Waals surface area contributed by atoms with Crippen molar-refractivity contribution in [3.8, 4) is 0 Å². The molecule has 0 unspecified atom stereocenters. The van der Waals surface area contributed by atoms with Gasteiger partial charge in [-0.1, -0.05) is 0 Å².